The number of nitrogens with one attached hydrogen (secondary N) is 2. The van der Waals surface area contributed by atoms with Gasteiger partial charge in [0.25, 0.3) is 0 Å². The lowest BCUT2D eigenvalue weighted by atomic mass is 9.51. The maximum atomic E-state index is 15.1. The summed E-state index contributed by atoms with van der Waals surface area (Å²) in [7, 11) is 0. The number of hydrogen-bond donors (Lipinski definition) is 12. The highest BCUT2D eigenvalue weighted by atomic mass is 16.3. The lowest BCUT2D eigenvalue weighted by molar-refractivity contribution is -0.174. The Labute approximate surface area is 452 Å². The highest BCUT2D eigenvalue weighted by Gasteiger charge is 2.68. The Morgan fingerprint density at radius 3 is 2.39 bits per heavy atom. The largest absolute Gasteiger partial charge is 0.508 e. The predicted octanol–water partition coefficient (Wildman–Crippen LogP) is 5.49. The molecule has 0 aromatic heterocycles. The number of hydrogen-bond acceptors (Lipinski definition) is 12. The van der Waals surface area contributed by atoms with Gasteiger partial charge in [-0.15, -0.1) is 0 Å². The highest BCUT2D eigenvalue weighted by molar-refractivity contribution is 5.98. The number of aliphatic hydroxyl groups excluding tert-OH is 5. The number of Topliss-reactive ketones (excluding diaryl/α,β-unsaturated/α-hetero) is 1. The van der Waals surface area contributed by atoms with E-state index in [0.29, 0.717) is 77.5 Å². The molecular formula is C62H80N6O9. The smallest absolute Gasteiger partial charge is 0.243 e. The van der Waals surface area contributed by atoms with Gasteiger partial charge in [-0.1, -0.05) is 96.6 Å². The van der Waals surface area contributed by atoms with Crippen LogP contribution in [0, 0.1) is 22.7 Å². The molecule has 3 aliphatic carbocycles. The van der Waals surface area contributed by atoms with Gasteiger partial charge >= 0.3 is 0 Å². The van der Waals surface area contributed by atoms with Crippen LogP contribution in [0.1, 0.15) is 124 Å². The van der Waals surface area contributed by atoms with E-state index in [0.717, 1.165) is 27.8 Å². The van der Waals surface area contributed by atoms with Crippen molar-refractivity contribution in [3.63, 3.8) is 0 Å². The van der Waals surface area contributed by atoms with Gasteiger partial charge in [0, 0.05) is 36.3 Å². The Morgan fingerprint density at radius 2 is 1.69 bits per heavy atom. The first-order chi connectivity index (χ1) is 36.6. The maximum Gasteiger partial charge on any atom is 0.243 e. The summed E-state index contributed by atoms with van der Waals surface area (Å²) in [4.78, 5) is 33.7. The quantitative estimate of drug-likeness (QED) is 0.0719. The molecule has 412 valence electrons. The topological polar surface area (TPSA) is 290 Å². The van der Waals surface area contributed by atoms with E-state index in [1.165, 1.54) is 0 Å². The van der Waals surface area contributed by atoms with Crippen LogP contribution in [0.25, 0.3) is 0 Å². The van der Waals surface area contributed by atoms with Gasteiger partial charge < -0.3 is 58.3 Å². The number of aromatic hydroxyl groups is 1. The number of ketones is 1. The van der Waals surface area contributed by atoms with Crippen molar-refractivity contribution in [3.8, 4) is 5.75 Å². The molecule has 0 unspecified atom stereocenters. The van der Waals surface area contributed by atoms with Crippen LogP contribution in [-0.2, 0) is 28.9 Å². The van der Waals surface area contributed by atoms with Gasteiger partial charge in [0.05, 0.1) is 36.6 Å². The van der Waals surface area contributed by atoms with Crippen LogP contribution < -0.4 is 27.8 Å². The number of aliphatic hydroxyl groups is 6. The zero-order chi connectivity index (χ0) is 55.6. The number of amides is 1. The fourth-order valence-corrected chi connectivity index (χ4v) is 13.5. The summed E-state index contributed by atoms with van der Waals surface area (Å²) in [6, 6.07) is 18.9. The first-order valence-electron chi connectivity index (χ1n) is 27.1. The summed E-state index contributed by atoms with van der Waals surface area (Å²) in [5.74, 6) is -2.34. The number of nitrogens with zero attached hydrogens (tertiary/aromatic N) is 1. The monoisotopic (exact) mass is 1050 g/mol. The van der Waals surface area contributed by atoms with Crippen molar-refractivity contribution in [3.05, 3.63) is 171 Å². The van der Waals surface area contributed by atoms with E-state index in [-0.39, 0.29) is 62.9 Å². The zero-order valence-corrected chi connectivity index (χ0v) is 45.0. The minimum Gasteiger partial charge on any atom is -0.508 e. The van der Waals surface area contributed by atoms with Crippen molar-refractivity contribution < 1.29 is 45.3 Å². The van der Waals surface area contributed by atoms with Gasteiger partial charge in [0.1, 0.15) is 18.0 Å². The van der Waals surface area contributed by atoms with Crippen LogP contribution in [0.15, 0.2) is 142 Å². The number of nitrogens with two attached hydrogens (primary N) is 3. The van der Waals surface area contributed by atoms with E-state index >= 15 is 4.79 Å². The average Bonchev–Trinajstić information content (AvgIpc) is 3.91. The molecule has 3 aromatic rings. The number of guanidine groups is 1. The van der Waals surface area contributed by atoms with Crippen molar-refractivity contribution in [2.75, 3.05) is 19.7 Å². The molecule has 2 aliphatic heterocycles. The third kappa shape index (κ3) is 11.7. The van der Waals surface area contributed by atoms with Crippen LogP contribution in [-0.4, -0.2) is 103 Å². The standard InChI is InChI=1S/C62H80N6O9/c1-35(2)12-19-51(72)36(3)26-40-20-23-61(43(28-40)34-69)24-25-62(58(61)76)50-18-17-45(71)29-38-8-6-9-39(27-38)30-48(49(32-67-59(64)65)41-13-15-44(70)16-14-41)53(74)33-66-55-54-42(10-7-11-47(54)56(63)68-57(55)75)31-52(73)37(4)46(50)21-22-60(62,5)77/h6-16,20,23,26-28,45,48-51,53,55-56,58,66,69-72,74,76-77H,3,17-19,21-22,24-25,29-34,63H2,1-2,4-5H3,(H,68,75)(H4,64,65,67)/b40-26+,46-37+/t45-,48-,49+,50+,51+,53+,55-,56-,58+,60+,61+,62+/m0/s1. The second-order valence-electron chi connectivity index (χ2n) is 22.9. The molecule has 8 rings (SSSR count). The number of β-amino-alcohol motifs (C(OH)–C–C–N with tert-alkyl or cyclic N) is 1. The predicted molar refractivity (Wildman–Crippen MR) is 299 cm³/mol. The lowest BCUT2D eigenvalue weighted by Gasteiger charge is -2.57. The highest BCUT2D eigenvalue weighted by Crippen LogP contribution is 2.67. The number of phenolic OH excluding ortho intramolecular Hbond substituents is 1. The molecule has 15 nitrogen and oxygen atoms in total. The molecule has 2 fully saturated rings. The summed E-state index contributed by atoms with van der Waals surface area (Å²) < 4.78 is 0. The van der Waals surface area contributed by atoms with E-state index in [4.69, 9.17) is 17.2 Å². The van der Waals surface area contributed by atoms with Gasteiger partial charge in [-0.05, 0) is 171 Å². The maximum absolute atomic E-state index is 15.1. The van der Waals surface area contributed by atoms with Gasteiger partial charge in [-0.2, -0.15) is 0 Å². The van der Waals surface area contributed by atoms with E-state index in [2.05, 4.69) is 22.2 Å². The number of benzene rings is 3. The van der Waals surface area contributed by atoms with Crippen LogP contribution in [0.2, 0.25) is 0 Å². The van der Waals surface area contributed by atoms with E-state index in [9.17, 15) is 40.5 Å². The number of allylic oxidation sites excluding steroid dienone is 6. The van der Waals surface area contributed by atoms with Crippen molar-refractivity contribution in [1.82, 2.24) is 10.6 Å². The third-order valence-corrected chi connectivity index (χ3v) is 17.8. The molecule has 0 saturated heterocycles. The Morgan fingerprint density at radius 1 is 0.974 bits per heavy atom. The number of fused-ring (bicyclic) bond motifs is 4. The molecule has 0 radical (unpaired) electrons. The molecule has 15 N–H and O–H groups in total. The second-order valence-corrected chi connectivity index (χ2v) is 22.9. The third-order valence-electron chi connectivity index (χ3n) is 17.8. The van der Waals surface area contributed by atoms with Crippen molar-refractivity contribution in [1.29, 1.82) is 0 Å². The molecular weight excluding hydrogens is 973 g/mol. The fraction of sp³-hybridized carbons (Fsp3) is 0.468. The number of carbonyl (C=O) groups is 2. The van der Waals surface area contributed by atoms with E-state index in [1.807, 2.05) is 74.5 Å². The van der Waals surface area contributed by atoms with Gasteiger partial charge in [0.2, 0.25) is 5.91 Å². The van der Waals surface area contributed by atoms with Crippen LogP contribution in [0.4, 0.5) is 0 Å². The lowest BCUT2D eigenvalue weighted by Crippen LogP contribution is -2.61. The van der Waals surface area contributed by atoms with E-state index in [1.54, 1.807) is 50.3 Å². The van der Waals surface area contributed by atoms with Crippen LogP contribution >= 0.6 is 0 Å². The Balaban J connectivity index is 1.22. The summed E-state index contributed by atoms with van der Waals surface area (Å²) in [5.41, 5.74) is 22.9. The summed E-state index contributed by atoms with van der Waals surface area (Å²) in [5, 5.41) is 89.2. The van der Waals surface area contributed by atoms with Gasteiger partial charge in [-0.3, -0.25) is 19.9 Å². The number of carbonyl (C=O) groups excluding carboxylic acids is 2. The van der Waals surface area contributed by atoms with Crippen molar-refractivity contribution in [2.24, 2.45) is 44.9 Å². The summed E-state index contributed by atoms with van der Waals surface area (Å²) >= 11 is 0. The molecule has 5 aliphatic rings. The molecule has 3 aromatic carbocycles. The summed E-state index contributed by atoms with van der Waals surface area (Å²) in [6.07, 6.45) is 7.27. The molecule has 2 bridgehead atoms. The fourth-order valence-electron chi connectivity index (χ4n) is 13.5. The molecule has 1 amide bonds. The first kappa shape index (κ1) is 57.2. The number of rotatable bonds is 9. The van der Waals surface area contributed by atoms with Crippen LogP contribution in [0.5, 0.6) is 5.75 Å². The Hall–Kier alpha value is -6.01. The minimum atomic E-state index is -1.45. The summed E-state index contributed by atoms with van der Waals surface area (Å²) in [6.45, 7) is 11.3. The number of aliphatic imine (C=N–C) groups is 1. The minimum absolute atomic E-state index is 0.0652. The second kappa shape index (κ2) is 23.5. The average molecular weight is 1050 g/mol. The SMILES string of the molecule is C=C(/C=C1\C=C[C@@]2(CC[C@@]3([C@@H]4CC[C@H](O)Cc5cccc(c5)C[C@@H]([C@H](CN=C(N)N)c5ccc(O)cc5)[C@H](O)CN[C@@H]5C(=O)N[C@H](N)c6cccc(c65)CC(=O)/C(C)=C/4CC[C@@]3(C)O)[C@@H]2O)C(CO)=C1)[C@H](O)CC=C(C)C. The Kier molecular flexibility index (Phi) is 17.5. The first-order valence-corrected chi connectivity index (χ1v) is 27.1. The van der Waals surface area contributed by atoms with Crippen LogP contribution in [0.3, 0.4) is 0 Å². The zero-order valence-electron chi connectivity index (χ0n) is 45.0. The van der Waals surface area contributed by atoms with Gasteiger partial charge in [0.15, 0.2) is 11.7 Å². The Bertz CT molecular complexity index is 2900. The molecule has 2 saturated carbocycles. The molecule has 2 heterocycles. The van der Waals surface area contributed by atoms with Gasteiger partial charge in [-0.25, -0.2) is 0 Å². The molecule has 15 heteroatoms. The molecule has 77 heavy (non-hydrogen) atoms. The number of phenols is 1. The molecule has 12 atom stereocenters. The van der Waals surface area contributed by atoms with E-state index < -0.39 is 76.7 Å². The normalized spacial score (nSPS) is 32.1. The van der Waals surface area contributed by atoms with Crippen molar-refractivity contribution >= 4 is 17.6 Å². The van der Waals surface area contributed by atoms with Crippen molar-refractivity contribution in [2.45, 2.75) is 140 Å². The molecule has 2 spiro atoms.